The number of amides is 1. The van der Waals surface area contributed by atoms with Crippen molar-refractivity contribution in [2.45, 2.75) is 74.1 Å². The molecule has 1 aromatic carbocycles. The van der Waals surface area contributed by atoms with E-state index >= 15 is 0 Å². The molecule has 1 amide bonds. The van der Waals surface area contributed by atoms with Crippen molar-refractivity contribution in [2.24, 2.45) is 11.7 Å². The molecule has 0 aliphatic heterocycles. The van der Waals surface area contributed by atoms with Gasteiger partial charge < -0.3 is 10.6 Å². The van der Waals surface area contributed by atoms with Crippen LogP contribution in [0.1, 0.15) is 44.9 Å². The van der Waals surface area contributed by atoms with Crippen LogP contribution in [0.2, 0.25) is 0 Å². The Hall–Kier alpha value is -1.90. The third-order valence-electron chi connectivity index (χ3n) is 6.65. The second-order valence-corrected chi connectivity index (χ2v) is 12.7. The Labute approximate surface area is 203 Å². The maximum Gasteiger partial charge on any atom is 0.404 e. The minimum atomic E-state index is -4.90. The van der Waals surface area contributed by atoms with Crippen LogP contribution in [0.5, 0.6) is 0 Å². The van der Waals surface area contributed by atoms with E-state index < -0.39 is 38.0 Å². The summed E-state index contributed by atoms with van der Waals surface area (Å²) < 4.78 is 90.1. The Kier molecular flexibility index (Phi) is 8.39. The molecule has 0 saturated heterocycles. The topological polar surface area (TPSA) is 139 Å². The maximum atomic E-state index is 12.7. The Morgan fingerprint density at radius 2 is 1.63 bits per heavy atom. The van der Waals surface area contributed by atoms with Crippen molar-refractivity contribution in [2.75, 3.05) is 17.5 Å². The number of sulfonamides is 2. The van der Waals surface area contributed by atoms with E-state index in [1.165, 1.54) is 0 Å². The summed E-state index contributed by atoms with van der Waals surface area (Å²) >= 11 is 0. The number of carbonyl (C=O) groups excluding carboxylic acids is 1. The van der Waals surface area contributed by atoms with Crippen LogP contribution in [0.3, 0.4) is 0 Å². The van der Waals surface area contributed by atoms with E-state index in [1.54, 1.807) is 16.7 Å². The third kappa shape index (κ3) is 7.54. The van der Waals surface area contributed by atoms with E-state index in [0.717, 1.165) is 43.5 Å². The summed E-state index contributed by atoms with van der Waals surface area (Å²) in [5.41, 5.74) is 6.04. The lowest BCUT2D eigenvalue weighted by atomic mass is 9.81. The summed E-state index contributed by atoms with van der Waals surface area (Å²) in [5.74, 6) is -2.16. The Morgan fingerprint density at radius 3 is 2.11 bits per heavy atom. The van der Waals surface area contributed by atoms with Crippen molar-refractivity contribution < 1.29 is 34.8 Å². The number of likely N-dealkylation sites (N-methyl/N-ethyl adjacent to an activating group) is 1. The molecular formula is C21H31F3N4O5S2. The molecule has 9 nitrogen and oxygen atoms in total. The summed E-state index contributed by atoms with van der Waals surface area (Å²) in [6.07, 6.45) is 0.395. The average Bonchev–Trinajstić information content (AvgIpc) is 2.70. The Bertz CT molecular complexity index is 1100. The fourth-order valence-corrected chi connectivity index (χ4v) is 6.71. The zero-order valence-electron chi connectivity index (χ0n) is 19.3. The molecule has 0 heterocycles. The van der Waals surface area contributed by atoms with Gasteiger partial charge in [0, 0.05) is 24.8 Å². The van der Waals surface area contributed by atoms with E-state index in [9.17, 15) is 34.8 Å². The first-order valence-electron chi connectivity index (χ1n) is 11.4. The molecule has 0 unspecified atom stereocenters. The van der Waals surface area contributed by atoms with Crippen molar-refractivity contribution in [1.29, 1.82) is 0 Å². The van der Waals surface area contributed by atoms with Gasteiger partial charge in [-0.2, -0.15) is 13.2 Å². The number of nitrogens with zero attached hydrogens (tertiary/aromatic N) is 1. The van der Waals surface area contributed by atoms with Gasteiger partial charge in [0.2, 0.25) is 26.0 Å². The first-order valence-corrected chi connectivity index (χ1v) is 14.5. The van der Waals surface area contributed by atoms with Gasteiger partial charge in [-0.15, -0.1) is 0 Å². The first-order chi connectivity index (χ1) is 16.2. The zero-order chi connectivity index (χ0) is 26.0. The summed E-state index contributed by atoms with van der Waals surface area (Å²) in [7, 11) is -6.83. The first kappa shape index (κ1) is 27.7. The van der Waals surface area contributed by atoms with Crippen molar-refractivity contribution >= 4 is 31.6 Å². The number of benzene rings is 1. The normalized spacial score (nSPS) is 22.8. The van der Waals surface area contributed by atoms with Crippen LogP contribution in [0.25, 0.3) is 0 Å². The molecule has 0 bridgehead atoms. The van der Waals surface area contributed by atoms with Crippen molar-refractivity contribution in [3.8, 4) is 0 Å². The molecule has 0 spiro atoms. The van der Waals surface area contributed by atoms with Crippen LogP contribution in [0, 0.1) is 5.92 Å². The molecule has 14 heteroatoms. The smallest absolute Gasteiger partial charge is 0.341 e. The van der Waals surface area contributed by atoms with Crippen LogP contribution in [-0.2, 0) is 24.8 Å². The third-order valence-corrected chi connectivity index (χ3v) is 9.44. The molecule has 2 aliphatic carbocycles. The number of alkyl halides is 3. The van der Waals surface area contributed by atoms with Crippen LogP contribution >= 0.6 is 0 Å². The fraction of sp³-hybridized carbons (Fsp3) is 0.667. The lowest BCUT2D eigenvalue weighted by Gasteiger charge is -2.38. The van der Waals surface area contributed by atoms with Gasteiger partial charge in [0.25, 0.3) is 0 Å². The highest BCUT2D eigenvalue weighted by Crippen LogP contribution is 2.30. The second kappa shape index (κ2) is 10.6. The van der Waals surface area contributed by atoms with Gasteiger partial charge in [0.15, 0.2) is 5.75 Å². The van der Waals surface area contributed by atoms with Crippen LogP contribution in [0.15, 0.2) is 29.2 Å². The van der Waals surface area contributed by atoms with E-state index in [1.807, 2.05) is 0 Å². The minimum absolute atomic E-state index is 0.0326. The van der Waals surface area contributed by atoms with Crippen LogP contribution in [-0.4, -0.2) is 64.7 Å². The molecule has 0 aromatic heterocycles. The number of rotatable bonds is 9. The Balaban J connectivity index is 1.53. The van der Waals surface area contributed by atoms with Gasteiger partial charge in [-0.05, 0) is 75.1 Å². The van der Waals surface area contributed by atoms with Gasteiger partial charge in [0.1, 0.15) is 0 Å². The number of carbonyl (C=O) groups is 1. The predicted molar refractivity (Wildman–Crippen MR) is 124 cm³/mol. The van der Waals surface area contributed by atoms with E-state index in [0.29, 0.717) is 25.7 Å². The average molecular weight is 541 g/mol. The number of nitrogens with two attached hydrogens (primary N) is 1. The molecule has 1 aromatic rings. The summed E-state index contributed by atoms with van der Waals surface area (Å²) in [6, 6.07) is 3.68. The highest BCUT2D eigenvalue weighted by molar-refractivity contribution is 7.92. The van der Waals surface area contributed by atoms with Crippen LogP contribution < -0.4 is 15.2 Å². The molecule has 3 rings (SSSR count). The SMILES string of the molecule is CN(C(=O)[C@@H](N)C1CCC(NS(=O)(=O)c2ccc(NS(=O)(=O)CC(F)(F)F)cc2)CC1)C1CCC1. The molecule has 2 saturated carbocycles. The number of hydrogen-bond acceptors (Lipinski definition) is 6. The highest BCUT2D eigenvalue weighted by Gasteiger charge is 2.36. The Morgan fingerprint density at radius 1 is 1.06 bits per heavy atom. The van der Waals surface area contributed by atoms with Crippen molar-refractivity contribution in [3.63, 3.8) is 0 Å². The molecule has 2 aliphatic rings. The molecule has 4 N–H and O–H groups in total. The number of halogens is 3. The van der Waals surface area contributed by atoms with Crippen molar-refractivity contribution in [3.05, 3.63) is 24.3 Å². The highest BCUT2D eigenvalue weighted by atomic mass is 32.2. The molecule has 1 atom stereocenters. The van der Waals surface area contributed by atoms with Gasteiger partial charge in [-0.3, -0.25) is 9.52 Å². The number of hydrogen-bond donors (Lipinski definition) is 3. The summed E-state index contributed by atoms with van der Waals surface area (Å²) in [5, 5.41) is 0. The summed E-state index contributed by atoms with van der Waals surface area (Å²) in [4.78, 5) is 14.2. The molecule has 2 fully saturated rings. The van der Waals surface area contributed by atoms with Gasteiger partial charge in [-0.1, -0.05) is 0 Å². The van der Waals surface area contributed by atoms with Gasteiger partial charge in [0.05, 0.1) is 10.9 Å². The predicted octanol–water partition coefficient (Wildman–Crippen LogP) is 2.17. The summed E-state index contributed by atoms with van der Waals surface area (Å²) in [6.45, 7) is 0. The largest absolute Gasteiger partial charge is 0.404 e. The van der Waals surface area contributed by atoms with Crippen molar-refractivity contribution in [1.82, 2.24) is 9.62 Å². The minimum Gasteiger partial charge on any atom is -0.341 e. The van der Waals surface area contributed by atoms with Crippen LogP contribution in [0.4, 0.5) is 18.9 Å². The van der Waals surface area contributed by atoms with E-state index in [-0.39, 0.29) is 34.5 Å². The van der Waals surface area contributed by atoms with Gasteiger partial charge >= 0.3 is 6.18 Å². The molecular weight excluding hydrogens is 509 g/mol. The maximum absolute atomic E-state index is 12.7. The van der Waals surface area contributed by atoms with Gasteiger partial charge in [-0.25, -0.2) is 21.6 Å². The fourth-order valence-electron chi connectivity index (χ4n) is 4.41. The molecule has 0 radical (unpaired) electrons. The standard InChI is InChI=1S/C21H31F3N4O5S2/c1-28(17-3-2-4-17)20(29)19(25)14-5-7-16(8-6-14)27-35(32,33)18-11-9-15(10-12-18)26-34(30,31)13-21(22,23)24/h9-12,14,16-17,19,26-27H,2-8,13,25H2,1H3/t14?,16?,19-/m0/s1. The quantitative estimate of drug-likeness (QED) is 0.439. The monoisotopic (exact) mass is 540 g/mol. The number of anilines is 1. The number of nitrogens with one attached hydrogen (secondary N) is 2. The lowest BCUT2D eigenvalue weighted by Crippen LogP contribution is -2.52. The lowest BCUT2D eigenvalue weighted by molar-refractivity contribution is -0.136. The molecule has 35 heavy (non-hydrogen) atoms. The second-order valence-electron chi connectivity index (χ2n) is 9.29. The zero-order valence-corrected chi connectivity index (χ0v) is 20.9. The molecule has 198 valence electrons. The van der Waals surface area contributed by atoms with E-state index in [4.69, 9.17) is 5.73 Å². The van der Waals surface area contributed by atoms with E-state index in [2.05, 4.69) is 4.72 Å².